The quantitative estimate of drug-likeness (QED) is 0.394. The highest BCUT2D eigenvalue weighted by molar-refractivity contribution is 6.15. The van der Waals surface area contributed by atoms with Crippen molar-refractivity contribution >= 4 is 30.2 Å². The van der Waals surface area contributed by atoms with Crippen LogP contribution in [0.2, 0.25) is 0 Å². The van der Waals surface area contributed by atoms with Gasteiger partial charge in [-0.2, -0.15) is 0 Å². The zero-order valence-corrected chi connectivity index (χ0v) is 12.8. The van der Waals surface area contributed by atoms with Gasteiger partial charge < -0.3 is 0 Å². The molecule has 5 heteroatoms. The van der Waals surface area contributed by atoms with E-state index in [0.717, 1.165) is 10.8 Å². The molecular formula is C19H14BF2O2. The molecule has 0 fully saturated rings. The molecule has 24 heavy (non-hydrogen) atoms. The van der Waals surface area contributed by atoms with Gasteiger partial charge in [-0.15, -0.1) is 0 Å². The van der Waals surface area contributed by atoms with Gasteiger partial charge in [-0.05, 0) is 16.8 Å². The van der Waals surface area contributed by atoms with Crippen molar-refractivity contribution in [1.29, 1.82) is 0 Å². The van der Waals surface area contributed by atoms with Crippen molar-refractivity contribution in [3.8, 4) is 0 Å². The van der Waals surface area contributed by atoms with E-state index in [0.29, 0.717) is 11.1 Å². The first-order valence-electron chi connectivity index (χ1n) is 7.28. The van der Waals surface area contributed by atoms with E-state index in [1.165, 1.54) is 0 Å². The minimum Gasteiger partial charge on any atom is -0.294 e. The van der Waals surface area contributed by atoms with Gasteiger partial charge in [-0.3, -0.25) is 18.2 Å². The second-order valence-corrected chi connectivity index (χ2v) is 5.03. The van der Waals surface area contributed by atoms with Crippen LogP contribution in [-0.2, 0) is 0 Å². The average molecular weight is 323 g/mol. The lowest BCUT2D eigenvalue weighted by Gasteiger charge is -2.03. The second-order valence-electron chi connectivity index (χ2n) is 5.03. The maximum Gasteiger partial charge on any atom is 0.577 e. The molecule has 1 radical (unpaired) electrons. The third-order valence-electron chi connectivity index (χ3n) is 3.49. The molecule has 0 aliphatic rings. The molecule has 0 heterocycles. The van der Waals surface area contributed by atoms with Crippen LogP contribution in [0.3, 0.4) is 0 Å². The highest BCUT2D eigenvalue weighted by Crippen LogP contribution is 2.17. The highest BCUT2D eigenvalue weighted by Gasteiger charge is 2.13. The summed E-state index contributed by atoms with van der Waals surface area (Å²) in [5.41, 5.74) is 1.16. The molecule has 0 saturated heterocycles. The summed E-state index contributed by atoms with van der Waals surface area (Å²) in [6.07, 6.45) is -0.0949. The molecule has 0 spiro atoms. The van der Waals surface area contributed by atoms with Crippen LogP contribution in [0.25, 0.3) is 10.8 Å². The van der Waals surface area contributed by atoms with Crippen molar-refractivity contribution in [3.05, 3.63) is 83.9 Å². The first-order valence-corrected chi connectivity index (χ1v) is 7.28. The third kappa shape index (κ3) is 4.59. The fourth-order valence-electron chi connectivity index (χ4n) is 2.34. The molecule has 0 bridgehead atoms. The Morgan fingerprint density at radius 1 is 0.708 bits per heavy atom. The highest BCUT2D eigenvalue weighted by atomic mass is 19.2. The van der Waals surface area contributed by atoms with Gasteiger partial charge >= 0.3 is 7.83 Å². The summed E-state index contributed by atoms with van der Waals surface area (Å²) < 4.78 is 19.0. The number of carbonyl (C=O) groups excluding carboxylic acids is 2. The van der Waals surface area contributed by atoms with Crippen molar-refractivity contribution in [2.75, 3.05) is 0 Å². The number of rotatable bonds is 4. The van der Waals surface area contributed by atoms with Crippen LogP contribution in [0.1, 0.15) is 27.1 Å². The van der Waals surface area contributed by atoms with Crippen molar-refractivity contribution in [3.63, 3.8) is 0 Å². The minimum atomic E-state index is -1.00. The summed E-state index contributed by atoms with van der Waals surface area (Å²) in [6, 6.07) is 22.3. The topological polar surface area (TPSA) is 34.1 Å². The van der Waals surface area contributed by atoms with Crippen molar-refractivity contribution < 1.29 is 18.2 Å². The Labute approximate surface area is 139 Å². The van der Waals surface area contributed by atoms with Crippen molar-refractivity contribution in [2.45, 2.75) is 6.42 Å². The molecular weight excluding hydrogens is 309 g/mol. The lowest BCUT2D eigenvalue weighted by atomic mass is 9.99. The zero-order chi connectivity index (χ0) is 17.4. The molecule has 3 aromatic rings. The van der Waals surface area contributed by atoms with E-state index in [-0.39, 0.29) is 18.0 Å². The molecule has 3 rings (SSSR count). The van der Waals surface area contributed by atoms with Gasteiger partial charge in [0.2, 0.25) is 0 Å². The van der Waals surface area contributed by atoms with Crippen molar-refractivity contribution in [1.82, 2.24) is 0 Å². The molecule has 0 unspecified atom stereocenters. The first-order chi connectivity index (χ1) is 11.7. The smallest absolute Gasteiger partial charge is 0.294 e. The summed E-state index contributed by atoms with van der Waals surface area (Å²) >= 11 is 0. The molecule has 0 aliphatic heterocycles. The van der Waals surface area contributed by atoms with Crippen LogP contribution in [0, 0.1) is 0 Å². The fourth-order valence-corrected chi connectivity index (χ4v) is 2.34. The van der Waals surface area contributed by atoms with E-state index >= 15 is 0 Å². The average Bonchev–Trinajstić information content (AvgIpc) is 2.62. The first kappa shape index (κ1) is 17.5. The van der Waals surface area contributed by atoms with E-state index in [4.69, 9.17) is 0 Å². The maximum absolute atomic E-state index is 12.3. The molecule has 2 nitrogen and oxygen atoms in total. The van der Waals surface area contributed by atoms with E-state index in [1.54, 1.807) is 30.3 Å². The minimum absolute atomic E-state index is 0.0949. The normalized spacial score (nSPS) is 9.75. The monoisotopic (exact) mass is 323 g/mol. The zero-order valence-electron chi connectivity index (χ0n) is 12.8. The molecule has 0 amide bonds. The van der Waals surface area contributed by atoms with Gasteiger partial charge in [0.25, 0.3) is 0 Å². The van der Waals surface area contributed by atoms with Gasteiger partial charge in [-0.25, -0.2) is 0 Å². The van der Waals surface area contributed by atoms with Gasteiger partial charge in [-0.1, -0.05) is 66.7 Å². The molecule has 0 saturated carbocycles. The van der Waals surface area contributed by atoms with Crippen LogP contribution >= 0.6 is 0 Å². The number of ketones is 2. The van der Waals surface area contributed by atoms with Gasteiger partial charge in [0, 0.05) is 11.1 Å². The molecule has 0 atom stereocenters. The molecule has 119 valence electrons. The van der Waals surface area contributed by atoms with E-state index in [2.05, 4.69) is 0 Å². The summed E-state index contributed by atoms with van der Waals surface area (Å²) in [5.74, 6) is -0.289. The van der Waals surface area contributed by atoms with Crippen LogP contribution in [0.5, 0.6) is 0 Å². The number of benzene rings is 3. The fraction of sp³-hybridized carbons (Fsp3) is 0.0526. The van der Waals surface area contributed by atoms with Gasteiger partial charge in [0.05, 0.1) is 6.42 Å². The lowest BCUT2D eigenvalue weighted by Crippen LogP contribution is -2.08. The predicted octanol–water partition coefficient (Wildman–Crippen LogP) is 4.76. The molecule has 3 aromatic carbocycles. The Morgan fingerprint density at radius 2 is 1.25 bits per heavy atom. The van der Waals surface area contributed by atoms with Crippen LogP contribution in [0.15, 0.2) is 72.8 Å². The van der Waals surface area contributed by atoms with Gasteiger partial charge in [0.1, 0.15) is 0 Å². The summed E-state index contributed by atoms with van der Waals surface area (Å²) in [5, 5.41) is 2.10. The van der Waals surface area contributed by atoms with E-state index in [1.807, 2.05) is 42.5 Å². The summed E-state index contributed by atoms with van der Waals surface area (Å²) in [7, 11) is -1.00. The van der Waals surface area contributed by atoms with Crippen LogP contribution in [-0.4, -0.2) is 19.4 Å². The summed E-state index contributed by atoms with van der Waals surface area (Å²) in [4.78, 5) is 24.3. The third-order valence-corrected chi connectivity index (χ3v) is 3.49. The largest absolute Gasteiger partial charge is 0.577 e. The Morgan fingerprint density at radius 3 is 1.92 bits per heavy atom. The lowest BCUT2D eigenvalue weighted by molar-refractivity contribution is 0.0894. The number of hydrogen-bond acceptors (Lipinski definition) is 2. The summed E-state index contributed by atoms with van der Waals surface area (Å²) in [6.45, 7) is 0. The Balaban J connectivity index is 0.000000647. The molecule has 0 aliphatic carbocycles. The number of fused-ring (bicyclic) bond motifs is 1. The predicted molar refractivity (Wildman–Crippen MR) is 91.6 cm³/mol. The maximum atomic E-state index is 12.3. The van der Waals surface area contributed by atoms with Crippen LogP contribution in [0.4, 0.5) is 8.63 Å². The SMILES string of the molecule is F[B]F.O=C(CC(=O)c1ccc2ccccc2c1)c1ccccc1. The molecule has 0 aromatic heterocycles. The number of halogens is 2. The number of Topliss-reactive ketones (excluding diaryl/α,β-unsaturated/α-hetero) is 2. The standard InChI is InChI=1S/C19H14O2.BF2/c20-18(15-7-2-1-3-8-15)13-19(21)17-11-10-14-6-4-5-9-16(14)12-17;2-1-3/h1-12H,13H2;. The van der Waals surface area contributed by atoms with E-state index < -0.39 is 7.83 Å². The van der Waals surface area contributed by atoms with Gasteiger partial charge in [0.15, 0.2) is 11.6 Å². The Kier molecular flexibility index (Phi) is 6.37. The number of carbonyl (C=O) groups is 2. The van der Waals surface area contributed by atoms with Crippen LogP contribution < -0.4 is 0 Å². The van der Waals surface area contributed by atoms with E-state index in [9.17, 15) is 18.2 Å². The molecule has 0 N–H and O–H groups in total. The number of hydrogen-bond donors (Lipinski definition) is 0. The Hall–Kier alpha value is -2.82. The second kappa shape index (κ2) is 8.72. The van der Waals surface area contributed by atoms with Crippen molar-refractivity contribution in [2.24, 2.45) is 0 Å². The Bertz CT molecular complexity index is 835.